The van der Waals surface area contributed by atoms with Crippen molar-refractivity contribution in [2.75, 3.05) is 13.1 Å². The SMILES string of the molecule is Cc1cc(S(=O)(=O)N2C[C@@H](C)O[C@@H](C)C2)sc1CO. The minimum Gasteiger partial charge on any atom is -0.391 e. The van der Waals surface area contributed by atoms with E-state index in [2.05, 4.69) is 0 Å². The number of aliphatic hydroxyl groups excluding tert-OH is 1. The predicted molar refractivity (Wildman–Crippen MR) is 73.7 cm³/mol. The van der Waals surface area contributed by atoms with Gasteiger partial charge in [-0.15, -0.1) is 11.3 Å². The van der Waals surface area contributed by atoms with E-state index in [0.717, 1.165) is 16.9 Å². The highest BCUT2D eigenvalue weighted by molar-refractivity contribution is 7.91. The summed E-state index contributed by atoms with van der Waals surface area (Å²) in [5.41, 5.74) is 0.820. The molecule has 0 radical (unpaired) electrons. The van der Waals surface area contributed by atoms with Gasteiger partial charge in [0.1, 0.15) is 4.21 Å². The normalized spacial score (nSPS) is 25.7. The molecule has 0 aromatic carbocycles. The Bertz CT molecular complexity index is 542. The maximum absolute atomic E-state index is 12.6. The maximum Gasteiger partial charge on any atom is 0.252 e. The van der Waals surface area contributed by atoms with Gasteiger partial charge < -0.3 is 9.84 Å². The largest absolute Gasteiger partial charge is 0.391 e. The Hall–Kier alpha value is -0.470. The lowest BCUT2D eigenvalue weighted by Gasteiger charge is -2.34. The molecule has 0 unspecified atom stereocenters. The van der Waals surface area contributed by atoms with Gasteiger partial charge in [-0.3, -0.25) is 0 Å². The summed E-state index contributed by atoms with van der Waals surface area (Å²) in [4.78, 5) is 0.702. The molecule has 108 valence electrons. The van der Waals surface area contributed by atoms with Crippen LogP contribution in [0.5, 0.6) is 0 Å². The van der Waals surface area contributed by atoms with Gasteiger partial charge in [0.15, 0.2) is 0 Å². The van der Waals surface area contributed by atoms with Crippen LogP contribution in [0.1, 0.15) is 24.3 Å². The van der Waals surface area contributed by atoms with Crippen LogP contribution < -0.4 is 0 Å². The minimum absolute atomic E-state index is 0.100. The third-order valence-electron chi connectivity index (χ3n) is 3.12. The third kappa shape index (κ3) is 3.00. The maximum atomic E-state index is 12.6. The van der Waals surface area contributed by atoms with Crippen molar-refractivity contribution in [2.45, 2.75) is 43.8 Å². The summed E-state index contributed by atoms with van der Waals surface area (Å²) < 4.78 is 32.4. The van der Waals surface area contributed by atoms with E-state index in [9.17, 15) is 13.5 Å². The summed E-state index contributed by atoms with van der Waals surface area (Å²) in [6, 6.07) is 1.64. The van der Waals surface area contributed by atoms with Crippen molar-refractivity contribution in [3.05, 3.63) is 16.5 Å². The van der Waals surface area contributed by atoms with Crippen molar-refractivity contribution < 1.29 is 18.3 Å². The molecule has 2 atom stereocenters. The number of hydrogen-bond donors (Lipinski definition) is 1. The fourth-order valence-corrected chi connectivity index (χ4v) is 5.42. The number of rotatable bonds is 3. The van der Waals surface area contributed by atoms with Gasteiger partial charge in [0.2, 0.25) is 0 Å². The first-order valence-electron chi connectivity index (χ1n) is 6.20. The molecule has 0 bridgehead atoms. The average molecular weight is 305 g/mol. The zero-order valence-electron chi connectivity index (χ0n) is 11.3. The molecule has 19 heavy (non-hydrogen) atoms. The fraction of sp³-hybridized carbons (Fsp3) is 0.667. The zero-order chi connectivity index (χ0) is 14.2. The average Bonchev–Trinajstić information content (AvgIpc) is 2.70. The summed E-state index contributed by atoms with van der Waals surface area (Å²) in [7, 11) is -3.48. The lowest BCUT2D eigenvalue weighted by Crippen LogP contribution is -2.47. The number of ether oxygens (including phenoxy) is 1. The van der Waals surface area contributed by atoms with E-state index < -0.39 is 10.0 Å². The van der Waals surface area contributed by atoms with Crippen LogP contribution in [-0.2, 0) is 21.4 Å². The Morgan fingerprint density at radius 2 is 2.00 bits per heavy atom. The Morgan fingerprint density at radius 1 is 1.42 bits per heavy atom. The Kier molecular flexibility index (Phi) is 4.32. The number of morpholine rings is 1. The molecular formula is C12H19NO4S2. The van der Waals surface area contributed by atoms with Gasteiger partial charge in [-0.25, -0.2) is 8.42 Å². The second kappa shape index (κ2) is 5.49. The van der Waals surface area contributed by atoms with Gasteiger partial charge in [0.25, 0.3) is 10.0 Å². The quantitative estimate of drug-likeness (QED) is 0.915. The topological polar surface area (TPSA) is 66.8 Å². The monoisotopic (exact) mass is 305 g/mol. The van der Waals surface area contributed by atoms with Crippen LogP contribution in [0, 0.1) is 6.92 Å². The molecule has 1 aliphatic rings. The molecule has 0 spiro atoms. The molecule has 7 heteroatoms. The van der Waals surface area contributed by atoms with E-state index in [1.807, 2.05) is 20.8 Å². The predicted octanol–water partition coefficient (Wildman–Crippen LogP) is 1.35. The highest BCUT2D eigenvalue weighted by Crippen LogP contribution is 2.29. The van der Waals surface area contributed by atoms with Gasteiger partial charge in [-0.1, -0.05) is 0 Å². The van der Waals surface area contributed by atoms with Gasteiger partial charge in [-0.05, 0) is 32.4 Å². The molecule has 5 nitrogen and oxygen atoms in total. The van der Waals surface area contributed by atoms with Crippen LogP contribution in [0.4, 0.5) is 0 Å². The molecule has 1 N–H and O–H groups in total. The summed E-state index contributed by atoms with van der Waals surface area (Å²) in [6.45, 7) is 6.18. The summed E-state index contributed by atoms with van der Waals surface area (Å²) in [6.07, 6.45) is -0.200. The van der Waals surface area contributed by atoms with Gasteiger partial charge >= 0.3 is 0 Å². The van der Waals surface area contributed by atoms with Crippen molar-refractivity contribution in [2.24, 2.45) is 0 Å². The molecule has 0 amide bonds. The van der Waals surface area contributed by atoms with E-state index in [1.54, 1.807) is 6.07 Å². The molecule has 1 saturated heterocycles. The van der Waals surface area contributed by atoms with Gasteiger partial charge in [-0.2, -0.15) is 4.31 Å². The van der Waals surface area contributed by atoms with Gasteiger partial charge in [0, 0.05) is 18.0 Å². The van der Waals surface area contributed by atoms with E-state index in [0.29, 0.717) is 22.2 Å². The Morgan fingerprint density at radius 3 is 2.47 bits per heavy atom. The third-order valence-corrected chi connectivity index (χ3v) is 6.62. The van der Waals surface area contributed by atoms with Crippen LogP contribution >= 0.6 is 11.3 Å². The van der Waals surface area contributed by atoms with Crippen molar-refractivity contribution in [1.29, 1.82) is 0 Å². The van der Waals surface area contributed by atoms with Crippen molar-refractivity contribution in [1.82, 2.24) is 4.31 Å². The van der Waals surface area contributed by atoms with E-state index in [1.165, 1.54) is 4.31 Å². The molecule has 0 saturated carbocycles. The smallest absolute Gasteiger partial charge is 0.252 e. The van der Waals surface area contributed by atoms with Crippen molar-refractivity contribution >= 4 is 21.4 Å². The number of thiophene rings is 1. The first-order valence-corrected chi connectivity index (χ1v) is 8.46. The van der Waals surface area contributed by atoms with E-state index >= 15 is 0 Å². The van der Waals surface area contributed by atoms with Crippen molar-refractivity contribution in [3.8, 4) is 0 Å². The van der Waals surface area contributed by atoms with E-state index in [4.69, 9.17) is 4.74 Å². The number of nitrogens with zero attached hydrogens (tertiary/aromatic N) is 1. The highest BCUT2D eigenvalue weighted by Gasteiger charge is 2.33. The van der Waals surface area contributed by atoms with Crippen molar-refractivity contribution in [3.63, 3.8) is 0 Å². The molecule has 1 aromatic heterocycles. The van der Waals surface area contributed by atoms with E-state index in [-0.39, 0.29) is 18.8 Å². The lowest BCUT2D eigenvalue weighted by atomic mass is 10.3. The molecular weight excluding hydrogens is 286 g/mol. The van der Waals surface area contributed by atoms with Crippen LogP contribution in [0.3, 0.4) is 0 Å². The molecule has 2 heterocycles. The van der Waals surface area contributed by atoms with Crippen LogP contribution in [0.2, 0.25) is 0 Å². The van der Waals surface area contributed by atoms with Crippen LogP contribution in [0.15, 0.2) is 10.3 Å². The molecule has 1 aromatic rings. The molecule has 0 aliphatic carbocycles. The number of hydrogen-bond acceptors (Lipinski definition) is 5. The fourth-order valence-electron chi connectivity index (χ4n) is 2.23. The summed E-state index contributed by atoms with van der Waals surface area (Å²) in [5, 5.41) is 9.17. The number of aliphatic hydroxyl groups is 1. The van der Waals surface area contributed by atoms with Crippen LogP contribution in [0.25, 0.3) is 0 Å². The highest BCUT2D eigenvalue weighted by atomic mass is 32.2. The summed E-state index contributed by atoms with van der Waals surface area (Å²) in [5.74, 6) is 0. The molecule has 2 rings (SSSR count). The van der Waals surface area contributed by atoms with Crippen LogP contribution in [-0.4, -0.2) is 43.1 Å². The second-order valence-electron chi connectivity index (χ2n) is 4.91. The lowest BCUT2D eigenvalue weighted by molar-refractivity contribution is -0.0440. The number of aryl methyl sites for hydroxylation is 1. The zero-order valence-corrected chi connectivity index (χ0v) is 12.9. The second-order valence-corrected chi connectivity index (χ2v) is 8.21. The van der Waals surface area contributed by atoms with Gasteiger partial charge in [0.05, 0.1) is 18.8 Å². The standard InChI is InChI=1S/C12H19NO4S2/c1-8-4-12(18-11(8)7-14)19(15,16)13-5-9(2)17-10(3)6-13/h4,9-10,14H,5-7H2,1-3H3/t9-,10+. The first kappa shape index (κ1) is 14.9. The first-order chi connectivity index (χ1) is 8.84. The Labute approximate surface area is 117 Å². The molecule has 1 aliphatic heterocycles. The minimum atomic E-state index is -3.48. The summed E-state index contributed by atoms with van der Waals surface area (Å²) >= 11 is 1.14. The molecule has 1 fully saturated rings. The Balaban J connectivity index is 2.30. The number of sulfonamides is 1.